The average molecular weight is 480 g/mol. The summed E-state index contributed by atoms with van der Waals surface area (Å²) in [6.07, 6.45) is 1.06. The van der Waals surface area contributed by atoms with Crippen LogP contribution in [0, 0.1) is 0 Å². The summed E-state index contributed by atoms with van der Waals surface area (Å²) in [7, 11) is 0. The molecule has 3 rings (SSSR count). The van der Waals surface area contributed by atoms with Gasteiger partial charge in [0.15, 0.2) is 0 Å². The van der Waals surface area contributed by atoms with Crippen molar-refractivity contribution in [2.45, 2.75) is 13.0 Å². The number of carbonyl (C=O) groups excluding carboxylic acids is 3. The van der Waals surface area contributed by atoms with Crippen LogP contribution in [0.1, 0.15) is 17.3 Å². The Morgan fingerprint density at radius 2 is 1.88 bits per heavy atom. The van der Waals surface area contributed by atoms with E-state index >= 15 is 0 Å². The van der Waals surface area contributed by atoms with Gasteiger partial charge in [-0.2, -0.15) is 0 Å². The van der Waals surface area contributed by atoms with Crippen molar-refractivity contribution in [3.63, 3.8) is 0 Å². The molecule has 6 nitrogen and oxygen atoms in total. The van der Waals surface area contributed by atoms with Gasteiger partial charge in [-0.25, -0.2) is 0 Å². The molecule has 2 heterocycles. The number of carbonyl (C=O) groups is 3. The molecule has 0 aliphatic carbocycles. The van der Waals surface area contributed by atoms with Gasteiger partial charge in [0.05, 0.1) is 0 Å². The molecule has 0 bridgehead atoms. The molecule has 1 aromatic rings. The number of rotatable bonds is 3. The Morgan fingerprint density at radius 1 is 1.19 bits per heavy atom. The van der Waals surface area contributed by atoms with Crippen LogP contribution in [-0.2, 0) is 9.59 Å². The van der Waals surface area contributed by atoms with E-state index in [1.807, 2.05) is 13.0 Å². The fourth-order valence-corrected chi connectivity index (χ4v) is 6.30. The summed E-state index contributed by atoms with van der Waals surface area (Å²) in [6.45, 7) is 2.63. The van der Waals surface area contributed by atoms with E-state index in [-0.39, 0.29) is 28.3 Å². The molecule has 1 aromatic carbocycles. The first-order chi connectivity index (χ1) is 12.4. The maximum absolute atomic E-state index is 13.7. The molecule has 134 valence electrons. The van der Waals surface area contributed by atoms with Gasteiger partial charge in [-0.05, 0) is 0 Å². The molecule has 0 aromatic heterocycles. The minimum absolute atomic E-state index is 0.0457. The molecule has 2 aliphatic rings. The number of benzene rings is 1. The summed E-state index contributed by atoms with van der Waals surface area (Å²) in [5, 5.41) is 0. The summed E-state index contributed by atoms with van der Waals surface area (Å²) in [5.41, 5.74) is 0.583. The van der Waals surface area contributed by atoms with Crippen LogP contribution in [0.5, 0.6) is 0 Å². The van der Waals surface area contributed by atoms with Crippen LogP contribution >= 0.6 is 11.8 Å². The molecule has 0 N–H and O–H groups in total. The molecule has 2 aliphatic heterocycles. The van der Waals surface area contributed by atoms with E-state index in [9.17, 15) is 18.8 Å². The molecular weight excluding hydrogens is 463 g/mol. The number of hydrogen-bond acceptors (Lipinski definition) is 4. The third-order valence-corrected chi connectivity index (χ3v) is 8.54. The van der Waals surface area contributed by atoms with Gasteiger partial charge >= 0.3 is 167 Å². The van der Waals surface area contributed by atoms with Crippen LogP contribution in [0.2, 0.25) is 0 Å². The molecule has 0 saturated carbocycles. The number of ketones is 1. The van der Waals surface area contributed by atoms with Crippen LogP contribution in [-0.4, -0.2) is 81.4 Å². The summed E-state index contributed by atoms with van der Waals surface area (Å²) in [5.74, 6) is -2.34. The van der Waals surface area contributed by atoms with Crippen LogP contribution in [0.3, 0.4) is 0 Å². The maximum atomic E-state index is 13.7. The zero-order chi connectivity index (χ0) is 18.8. The quantitative estimate of drug-likeness (QED) is 0.480. The molecule has 1 saturated heterocycles. The van der Waals surface area contributed by atoms with E-state index in [1.54, 1.807) is 29.2 Å². The van der Waals surface area contributed by atoms with Crippen LogP contribution in [0.25, 0.3) is 0 Å². The molecule has 0 spiro atoms. The van der Waals surface area contributed by atoms with Crippen LogP contribution < -0.4 is 0 Å². The topological polar surface area (TPSA) is 60.9 Å². The van der Waals surface area contributed by atoms with Crippen molar-refractivity contribution in [2.75, 3.05) is 19.6 Å². The number of nitrogens with zero attached hydrogens (tertiary/aromatic N) is 3. The Kier molecular flexibility index (Phi) is 5.82. The zero-order valence-corrected chi connectivity index (χ0v) is 18.1. The van der Waals surface area contributed by atoms with Gasteiger partial charge in [0.2, 0.25) is 0 Å². The fraction of sp³-hybridized carbons (Fsp3) is 0.294. The van der Waals surface area contributed by atoms with Crippen molar-refractivity contribution in [1.29, 1.82) is 0 Å². The Balaban J connectivity index is 1.66. The van der Waals surface area contributed by atoms with Gasteiger partial charge in [0.25, 0.3) is 0 Å². The van der Waals surface area contributed by atoms with Gasteiger partial charge < -0.3 is 0 Å². The van der Waals surface area contributed by atoms with Crippen LogP contribution in [0.4, 0.5) is 4.39 Å². The minimum atomic E-state index is -1.97. The molecule has 1 fully saturated rings. The second kappa shape index (κ2) is 7.92. The van der Waals surface area contributed by atoms with Crippen molar-refractivity contribution in [3.8, 4) is 0 Å². The monoisotopic (exact) mass is 479 g/mol. The second-order valence-electron chi connectivity index (χ2n) is 6.16. The predicted octanol–water partition coefficient (Wildman–Crippen LogP) is 1.00. The third-order valence-electron chi connectivity index (χ3n) is 4.38. The van der Waals surface area contributed by atoms with Gasteiger partial charge in [-0.15, -0.1) is 0 Å². The Hall–Kier alpha value is -1.67. The van der Waals surface area contributed by atoms with Gasteiger partial charge in [0, 0.05) is 0 Å². The van der Waals surface area contributed by atoms with E-state index in [0.29, 0.717) is 12.1 Å². The first-order valence-electron chi connectivity index (χ1n) is 8.11. The molecule has 2 amide bonds. The molecule has 1 atom stereocenters. The number of Topliss-reactive ketones (excluding diaryl/α,β-unsaturated/α-hetero) is 1. The van der Waals surface area contributed by atoms with Gasteiger partial charge in [0.1, 0.15) is 0 Å². The molecule has 26 heavy (non-hydrogen) atoms. The Labute approximate surface area is 166 Å². The van der Waals surface area contributed by atoms with Crippen molar-refractivity contribution in [2.24, 2.45) is 0 Å². The Bertz CT molecular complexity index is 815. The second-order valence-corrected chi connectivity index (χ2v) is 11.5. The summed E-state index contributed by atoms with van der Waals surface area (Å²) >= 11 is 3.76. The summed E-state index contributed by atoms with van der Waals surface area (Å²) in [4.78, 5) is 40.4. The van der Waals surface area contributed by atoms with Crippen molar-refractivity contribution in [1.82, 2.24) is 12.2 Å². The predicted molar refractivity (Wildman–Crippen MR) is 96.2 cm³/mol. The van der Waals surface area contributed by atoms with Crippen molar-refractivity contribution in [3.05, 3.63) is 47.9 Å². The molecule has 9 heteroatoms. The SMILES string of the molecule is CC1CN(C(=O)C(=O)[C]2=[In][N](Cl)C=C2F)CCN1C(=O)c1ccccc1. The van der Waals surface area contributed by atoms with E-state index in [4.69, 9.17) is 11.8 Å². The van der Waals surface area contributed by atoms with Crippen molar-refractivity contribution >= 4 is 55.3 Å². The van der Waals surface area contributed by atoms with Gasteiger partial charge in [-0.3, -0.25) is 0 Å². The fourth-order valence-electron chi connectivity index (χ4n) is 3.02. The normalized spacial score (nSPS) is 19.7. The number of halogens is 2. The van der Waals surface area contributed by atoms with Crippen LogP contribution in [0.15, 0.2) is 42.4 Å². The average Bonchev–Trinajstić information content (AvgIpc) is 2.98. The number of allylic oxidation sites excluding steroid dienone is 1. The number of piperazine rings is 1. The molecular formula is C17H16ClFInN3O3. The van der Waals surface area contributed by atoms with E-state index in [1.165, 1.54) is 7.31 Å². The van der Waals surface area contributed by atoms with E-state index in [2.05, 4.69) is 0 Å². The first-order valence-corrected chi connectivity index (χ1v) is 11.6. The number of amides is 2. The van der Waals surface area contributed by atoms with E-state index < -0.39 is 40.2 Å². The van der Waals surface area contributed by atoms with Gasteiger partial charge in [-0.1, -0.05) is 0 Å². The molecule has 0 radical (unpaired) electrons. The zero-order valence-electron chi connectivity index (χ0n) is 14.1. The Morgan fingerprint density at radius 3 is 2.46 bits per heavy atom. The van der Waals surface area contributed by atoms with Crippen molar-refractivity contribution < 1.29 is 18.8 Å². The summed E-state index contributed by atoms with van der Waals surface area (Å²) < 4.78 is 14.9. The van der Waals surface area contributed by atoms with E-state index in [0.717, 1.165) is 6.20 Å². The summed E-state index contributed by atoms with van der Waals surface area (Å²) in [6, 6.07) is 8.67. The number of hydrogen-bond donors (Lipinski definition) is 0. The standard InChI is InChI=1S/C17H16ClFN3O3.In/c1-12-11-21(17(25)15(23)9-14(19)10-20-18)7-8-22(12)16(24)13-5-3-2-4-6-13;/h2-6,10,12H,7-8,11H2,1H3;/q-1;+1. The third kappa shape index (κ3) is 3.86. The molecule has 1 unspecified atom stereocenters. The first kappa shape index (κ1) is 19.1.